The zero-order valence-corrected chi connectivity index (χ0v) is 12.7. The molecule has 0 unspecified atom stereocenters. The molecular weight excluding hydrogens is 313 g/mol. The third-order valence-corrected chi connectivity index (χ3v) is 2.74. The molecule has 0 amide bonds. The highest BCUT2D eigenvalue weighted by molar-refractivity contribution is 6.10. The van der Waals surface area contributed by atoms with E-state index in [9.17, 15) is 18.0 Å². The van der Waals surface area contributed by atoms with E-state index in [0.29, 0.717) is 5.75 Å². The van der Waals surface area contributed by atoms with Crippen LogP contribution in [-0.2, 0) is 16.1 Å². The molecule has 126 valence electrons. The summed E-state index contributed by atoms with van der Waals surface area (Å²) in [6, 6.07) is 6.79. The fourth-order valence-corrected chi connectivity index (χ4v) is 1.57. The van der Waals surface area contributed by atoms with Gasteiger partial charge in [0, 0.05) is 6.21 Å². The Hall–Kier alpha value is -2.51. The van der Waals surface area contributed by atoms with Gasteiger partial charge in [-0.15, -0.1) is 0 Å². The number of allylic oxidation sites excluding steroid dienone is 1. The van der Waals surface area contributed by atoms with Crippen LogP contribution in [-0.4, -0.2) is 32.1 Å². The largest absolute Gasteiger partial charge is 0.497 e. The van der Waals surface area contributed by atoms with Crippen molar-refractivity contribution in [3.8, 4) is 5.75 Å². The average molecular weight is 330 g/mol. The van der Waals surface area contributed by atoms with E-state index in [-0.39, 0.29) is 13.2 Å². The lowest BCUT2D eigenvalue weighted by Crippen LogP contribution is -2.26. The minimum absolute atomic E-state index is 0.0697. The Bertz CT molecular complexity index is 593. The van der Waals surface area contributed by atoms with E-state index >= 15 is 0 Å². The standard InChI is InChI=1S/C15H17F3N2O3/c1-3-23-14(21)12(13(19)15(16,17)18)9-20-8-10-4-6-11(22-2)7-5-10/h4-7,9H,3,8,19H2,1-2H3. The van der Waals surface area contributed by atoms with Gasteiger partial charge >= 0.3 is 12.1 Å². The molecule has 2 N–H and O–H groups in total. The average Bonchev–Trinajstić information content (AvgIpc) is 2.51. The molecule has 0 bridgehead atoms. The van der Waals surface area contributed by atoms with Crippen LogP contribution in [0.2, 0.25) is 0 Å². The quantitative estimate of drug-likeness (QED) is 0.494. The fraction of sp³-hybridized carbons (Fsp3) is 0.333. The van der Waals surface area contributed by atoms with Gasteiger partial charge in [-0.05, 0) is 24.6 Å². The van der Waals surface area contributed by atoms with Crippen molar-refractivity contribution in [2.24, 2.45) is 10.7 Å². The first-order valence-electron chi connectivity index (χ1n) is 6.66. The van der Waals surface area contributed by atoms with Gasteiger partial charge in [-0.2, -0.15) is 13.2 Å². The molecule has 0 aromatic heterocycles. The Kier molecular flexibility index (Phi) is 6.62. The SMILES string of the molecule is CCOC(=O)C(C=NCc1ccc(OC)cc1)=C(N)C(F)(F)F. The van der Waals surface area contributed by atoms with Gasteiger partial charge in [-0.1, -0.05) is 12.1 Å². The summed E-state index contributed by atoms with van der Waals surface area (Å²) in [6.07, 6.45) is -4.06. The van der Waals surface area contributed by atoms with E-state index in [4.69, 9.17) is 10.5 Å². The third kappa shape index (κ3) is 5.65. The summed E-state index contributed by atoms with van der Waals surface area (Å²) in [5, 5.41) is 0. The molecular formula is C15H17F3N2O3. The summed E-state index contributed by atoms with van der Waals surface area (Å²) < 4.78 is 47.6. The second kappa shape index (κ2) is 8.21. The van der Waals surface area contributed by atoms with E-state index < -0.39 is 23.4 Å². The molecule has 1 rings (SSSR count). The molecule has 5 nitrogen and oxygen atoms in total. The number of nitrogens with two attached hydrogens (primary N) is 1. The molecule has 0 fully saturated rings. The second-order valence-corrected chi connectivity index (χ2v) is 4.36. The summed E-state index contributed by atoms with van der Waals surface area (Å²) in [6.45, 7) is 1.49. The van der Waals surface area contributed by atoms with Crippen LogP contribution in [0.5, 0.6) is 5.75 Å². The molecule has 0 aliphatic rings. The molecule has 0 spiro atoms. The maximum atomic E-state index is 12.7. The van der Waals surface area contributed by atoms with Gasteiger partial charge in [0.25, 0.3) is 0 Å². The predicted molar refractivity (Wildman–Crippen MR) is 79.1 cm³/mol. The van der Waals surface area contributed by atoms with Crippen LogP contribution >= 0.6 is 0 Å². The van der Waals surface area contributed by atoms with Crippen LogP contribution in [0.15, 0.2) is 40.5 Å². The van der Waals surface area contributed by atoms with Gasteiger partial charge in [0.05, 0.1) is 20.3 Å². The number of methoxy groups -OCH3 is 1. The molecule has 23 heavy (non-hydrogen) atoms. The number of rotatable bonds is 6. The lowest BCUT2D eigenvalue weighted by atomic mass is 10.2. The van der Waals surface area contributed by atoms with Crippen LogP contribution in [0.3, 0.4) is 0 Å². The summed E-state index contributed by atoms with van der Waals surface area (Å²) in [5.41, 5.74) is 3.38. The van der Waals surface area contributed by atoms with E-state index in [1.807, 2.05) is 0 Å². The Labute approximate surface area is 131 Å². The minimum atomic E-state index is -4.84. The van der Waals surface area contributed by atoms with Gasteiger partial charge < -0.3 is 15.2 Å². The molecule has 0 radical (unpaired) electrons. The van der Waals surface area contributed by atoms with Crippen LogP contribution < -0.4 is 10.5 Å². The monoisotopic (exact) mass is 330 g/mol. The smallest absolute Gasteiger partial charge is 0.431 e. The minimum Gasteiger partial charge on any atom is -0.497 e. The van der Waals surface area contributed by atoms with E-state index in [1.165, 1.54) is 14.0 Å². The molecule has 0 aliphatic heterocycles. The normalized spacial score (nSPS) is 12.9. The number of carbonyl (C=O) groups is 1. The summed E-state index contributed by atoms with van der Waals surface area (Å²) in [5.74, 6) is -0.521. The van der Waals surface area contributed by atoms with Crippen molar-refractivity contribution >= 4 is 12.2 Å². The summed E-state index contributed by atoms with van der Waals surface area (Å²) in [7, 11) is 1.52. The topological polar surface area (TPSA) is 73.9 Å². The Morgan fingerprint density at radius 3 is 2.39 bits per heavy atom. The second-order valence-electron chi connectivity index (χ2n) is 4.36. The van der Waals surface area contributed by atoms with E-state index in [1.54, 1.807) is 24.3 Å². The predicted octanol–water partition coefficient (Wildman–Crippen LogP) is 2.60. The zero-order chi connectivity index (χ0) is 17.5. The van der Waals surface area contributed by atoms with Crippen molar-refractivity contribution in [2.75, 3.05) is 13.7 Å². The molecule has 0 saturated heterocycles. The first kappa shape index (κ1) is 18.5. The summed E-state index contributed by atoms with van der Waals surface area (Å²) in [4.78, 5) is 15.4. The van der Waals surface area contributed by atoms with Crippen molar-refractivity contribution < 1.29 is 27.4 Å². The molecule has 0 aliphatic carbocycles. The maximum Gasteiger partial charge on any atom is 0.431 e. The number of alkyl halides is 3. The van der Waals surface area contributed by atoms with Crippen LogP contribution in [0.25, 0.3) is 0 Å². The van der Waals surface area contributed by atoms with Crippen LogP contribution in [0, 0.1) is 0 Å². The molecule has 0 atom stereocenters. The third-order valence-electron chi connectivity index (χ3n) is 2.74. The van der Waals surface area contributed by atoms with Gasteiger partial charge in [-0.25, -0.2) is 4.79 Å². The molecule has 1 aromatic carbocycles. The molecule has 0 heterocycles. The number of aliphatic imine (C=N–C) groups is 1. The van der Waals surface area contributed by atoms with E-state index in [2.05, 4.69) is 9.73 Å². The number of carbonyl (C=O) groups excluding carboxylic acids is 1. The Balaban J connectivity index is 2.94. The fourth-order valence-electron chi connectivity index (χ4n) is 1.57. The van der Waals surface area contributed by atoms with Crippen molar-refractivity contribution in [2.45, 2.75) is 19.6 Å². The number of esters is 1. The van der Waals surface area contributed by atoms with Crippen molar-refractivity contribution in [1.82, 2.24) is 0 Å². The molecule has 1 aromatic rings. The van der Waals surface area contributed by atoms with Crippen molar-refractivity contribution in [1.29, 1.82) is 0 Å². The summed E-state index contributed by atoms with van der Waals surface area (Å²) >= 11 is 0. The van der Waals surface area contributed by atoms with Gasteiger partial charge in [0.15, 0.2) is 0 Å². The number of benzene rings is 1. The first-order chi connectivity index (χ1) is 10.8. The first-order valence-corrected chi connectivity index (χ1v) is 6.66. The number of hydrogen-bond acceptors (Lipinski definition) is 5. The number of nitrogens with zero attached hydrogens (tertiary/aromatic N) is 1. The maximum absolute atomic E-state index is 12.7. The Morgan fingerprint density at radius 1 is 1.30 bits per heavy atom. The van der Waals surface area contributed by atoms with Gasteiger partial charge in [0.2, 0.25) is 0 Å². The van der Waals surface area contributed by atoms with Crippen LogP contribution in [0.4, 0.5) is 13.2 Å². The highest BCUT2D eigenvalue weighted by Gasteiger charge is 2.36. The lowest BCUT2D eigenvalue weighted by Gasteiger charge is -2.10. The number of hydrogen-bond donors (Lipinski definition) is 1. The Morgan fingerprint density at radius 2 is 1.91 bits per heavy atom. The van der Waals surface area contributed by atoms with Crippen molar-refractivity contribution in [3.05, 3.63) is 41.1 Å². The molecule has 0 saturated carbocycles. The highest BCUT2D eigenvalue weighted by Crippen LogP contribution is 2.24. The van der Waals surface area contributed by atoms with Crippen molar-refractivity contribution in [3.63, 3.8) is 0 Å². The number of ether oxygens (including phenoxy) is 2. The number of halogens is 3. The lowest BCUT2D eigenvalue weighted by molar-refractivity contribution is -0.139. The van der Waals surface area contributed by atoms with Crippen LogP contribution in [0.1, 0.15) is 12.5 Å². The van der Waals surface area contributed by atoms with Gasteiger partial charge in [0.1, 0.15) is 17.0 Å². The zero-order valence-electron chi connectivity index (χ0n) is 12.7. The van der Waals surface area contributed by atoms with Gasteiger partial charge in [-0.3, -0.25) is 4.99 Å². The highest BCUT2D eigenvalue weighted by atomic mass is 19.4. The van der Waals surface area contributed by atoms with E-state index in [0.717, 1.165) is 11.8 Å². The molecule has 8 heteroatoms.